The number of rotatable bonds is 5. The van der Waals surface area contributed by atoms with Crippen molar-refractivity contribution >= 4 is 22.2 Å². The fourth-order valence-corrected chi connectivity index (χ4v) is 3.29. The molecule has 0 saturated carbocycles. The molecule has 1 aliphatic heterocycles. The van der Waals surface area contributed by atoms with Crippen LogP contribution in [0.1, 0.15) is 31.4 Å². The number of hydrogen-bond donors (Lipinski definition) is 1. The molecule has 3 heterocycles. The summed E-state index contributed by atoms with van der Waals surface area (Å²) in [6.45, 7) is 3.33. The van der Waals surface area contributed by atoms with Crippen molar-refractivity contribution in [2.24, 2.45) is 0 Å². The van der Waals surface area contributed by atoms with Gasteiger partial charge in [-0.15, -0.1) is 11.3 Å². The van der Waals surface area contributed by atoms with E-state index in [2.05, 4.69) is 10.3 Å². The molecule has 1 saturated heterocycles. The highest BCUT2D eigenvalue weighted by atomic mass is 32.1. The van der Waals surface area contributed by atoms with E-state index < -0.39 is 0 Å². The van der Waals surface area contributed by atoms with Gasteiger partial charge in [-0.25, -0.2) is 4.98 Å². The number of carbonyl (C=O) groups excluding carboxylic acids is 1. The first kappa shape index (κ1) is 13.6. The Bertz CT molecular complexity index is 542. The zero-order chi connectivity index (χ0) is 13.8. The van der Waals surface area contributed by atoms with Crippen LogP contribution < -0.4 is 5.32 Å². The Morgan fingerprint density at radius 3 is 3.00 bits per heavy atom. The molecule has 0 spiro atoms. The average molecular weight is 292 g/mol. The monoisotopic (exact) mass is 292 g/mol. The molecule has 0 radical (unpaired) electrons. The lowest BCUT2D eigenvalue weighted by molar-refractivity contribution is -0.131. The smallest absolute Gasteiger partial charge is 0.223 e. The predicted octanol–water partition coefficient (Wildman–Crippen LogP) is 1.89. The number of carbonyl (C=O) groups is 1. The van der Waals surface area contributed by atoms with E-state index in [0.29, 0.717) is 6.42 Å². The highest BCUT2D eigenvalue weighted by molar-refractivity contribution is 7.15. The van der Waals surface area contributed by atoms with E-state index in [1.54, 1.807) is 11.3 Å². The van der Waals surface area contributed by atoms with Crippen molar-refractivity contribution in [3.05, 3.63) is 23.5 Å². The van der Waals surface area contributed by atoms with Crippen LogP contribution in [0.5, 0.6) is 0 Å². The summed E-state index contributed by atoms with van der Waals surface area (Å²) in [5, 5.41) is 5.33. The third-order valence-corrected chi connectivity index (χ3v) is 4.44. The maximum Gasteiger partial charge on any atom is 0.223 e. The van der Waals surface area contributed by atoms with Crippen molar-refractivity contribution in [1.29, 1.82) is 0 Å². The fourth-order valence-electron chi connectivity index (χ4n) is 2.57. The largest absolute Gasteiger partial charge is 0.343 e. The normalized spacial score (nSPS) is 15.9. The Kier molecular flexibility index (Phi) is 4.32. The van der Waals surface area contributed by atoms with E-state index in [1.165, 1.54) is 6.42 Å². The van der Waals surface area contributed by atoms with Crippen molar-refractivity contribution in [3.63, 3.8) is 0 Å². The van der Waals surface area contributed by atoms with Gasteiger partial charge >= 0.3 is 0 Å². The quantitative estimate of drug-likeness (QED) is 0.856. The van der Waals surface area contributed by atoms with Crippen LogP contribution in [-0.4, -0.2) is 39.8 Å². The van der Waals surface area contributed by atoms with Crippen molar-refractivity contribution in [2.45, 2.75) is 32.2 Å². The number of hydrogen-bond acceptors (Lipinski definition) is 4. The summed E-state index contributed by atoms with van der Waals surface area (Å²) in [6, 6.07) is 0. The maximum atomic E-state index is 12.0. The molecule has 2 aromatic heterocycles. The van der Waals surface area contributed by atoms with Gasteiger partial charge in [0.25, 0.3) is 0 Å². The number of aromatic nitrogens is 2. The molecular weight excluding hydrogens is 272 g/mol. The van der Waals surface area contributed by atoms with Gasteiger partial charge in [0.1, 0.15) is 0 Å². The van der Waals surface area contributed by atoms with Crippen LogP contribution in [0.4, 0.5) is 0 Å². The number of nitrogens with zero attached hydrogens (tertiary/aromatic N) is 3. The molecule has 0 atom stereocenters. The Hall–Kier alpha value is -1.40. The van der Waals surface area contributed by atoms with E-state index in [0.717, 1.165) is 49.7 Å². The van der Waals surface area contributed by atoms with Crippen LogP contribution in [0.2, 0.25) is 0 Å². The summed E-state index contributed by atoms with van der Waals surface area (Å²) < 4.78 is 2.03. The molecule has 1 N–H and O–H groups in total. The van der Waals surface area contributed by atoms with Crippen molar-refractivity contribution in [3.8, 4) is 0 Å². The summed E-state index contributed by atoms with van der Waals surface area (Å²) in [4.78, 5) is 19.5. The second-order valence-corrected chi connectivity index (χ2v) is 6.07. The van der Waals surface area contributed by atoms with Crippen LogP contribution in [-0.2, 0) is 11.3 Å². The summed E-state index contributed by atoms with van der Waals surface area (Å²) in [7, 11) is 0. The van der Waals surface area contributed by atoms with E-state index in [-0.39, 0.29) is 5.91 Å². The van der Waals surface area contributed by atoms with Gasteiger partial charge in [-0.1, -0.05) is 0 Å². The minimum atomic E-state index is 0.281. The number of fused-ring (bicyclic) bond motifs is 1. The molecule has 0 aromatic carbocycles. The van der Waals surface area contributed by atoms with Crippen LogP contribution in [0.15, 0.2) is 17.8 Å². The summed E-state index contributed by atoms with van der Waals surface area (Å²) in [5.74, 6) is 0.281. The highest BCUT2D eigenvalue weighted by Crippen LogP contribution is 2.11. The van der Waals surface area contributed by atoms with E-state index in [1.807, 2.05) is 27.1 Å². The van der Waals surface area contributed by atoms with Gasteiger partial charge in [0, 0.05) is 50.4 Å². The minimum Gasteiger partial charge on any atom is -0.343 e. The Morgan fingerprint density at radius 2 is 2.20 bits per heavy atom. The highest BCUT2D eigenvalue weighted by Gasteiger charge is 2.15. The van der Waals surface area contributed by atoms with Crippen LogP contribution >= 0.6 is 11.3 Å². The molecule has 108 valence electrons. The molecule has 6 heteroatoms. The second-order valence-electron chi connectivity index (χ2n) is 5.19. The first-order valence-electron chi connectivity index (χ1n) is 7.22. The van der Waals surface area contributed by atoms with E-state index in [4.69, 9.17) is 0 Å². The van der Waals surface area contributed by atoms with Gasteiger partial charge in [-0.3, -0.25) is 9.20 Å². The fraction of sp³-hybridized carbons (Fsp3) is 0.571. The zero-order valence-corrected chi connectivity index (χ0v) is 12.4. The molecular formula is C14H20N4OS. The zero-order valence-electron chi connectivity index (χ0n) is 11.5. The maximum absolute atomic E-state index is 12.0. The number of thiazole rings is 1. The van der Waals surface area contributed by atoms with Crippen molar-refractivity contribution < 1.29 is 4.79 Å². The van der Waals surface area contributed by atoms with Gasteiger partial charge in [0.15, 0.2) is 4.96 Å². The molecule has 2 aromatic rings. The molecule has 20 heavy (non-hydrogen) atoms. The Balaban J connectivity index is 1.39. The summed E-state index contributed by atoms with van der Waals surface area (Å²) in [6.07, 6.45) is 8.21. The Labute approximate surface area is 122 Å². The average Bonchev–Trinajstić information content (AvgIpc) is 3.05. The first-order chi connectivity index (χ1) is 9.83. The predicted molar refractivity (Wildman–Crippen MR) is 79.8 cm³/mol. The lowest BCUT2D eigenvalue weighted by Gasteiger charge is -2.26. The van der Waals surface area contributed by atoms with Gasteiger partial charge < -0.3 is 10.2 Å². The second kappa shape index (κ2) is 6.37. The lowest BCUT2D eigenvalue weighted by atomic mass is 10.1. The topological polar surface area (TPSA) is 49.6 Å². The van der Waals surface area contributed by atoms with E-state index in [9.17, 15) is 4.79 Å². The van der Waals surface area contributed by atoms with Crippen molar-refractivity contribution in [2.75, 3.05) is 19.6 Å². The molecule has 5 nitrogen and oxygen atoms in total. The summed E-state index contributed by atoms with van der Waals surface area (Å²) in [5.41, 5.74) is 1.03. The first-order valence-corrected chi connectivity index (χ1v) is 8.10. The van der Waals surface area contributed by atoms with Gasteiger partial charge in [-0.2, -0.15) is 0 Å². The molecule has 0 aliphatic carbocycles. The van der Waals surface area contributed by atoms with Gasteiger partial charge in [-0.05, 0) is 19.3 Å². The van der Waals surface area contributed by atoms with Crippen LogP contribution in [0, 0.1) is 0 Å². The number of amides is 1. The van der Waals surface area contributed by atoms with Gasteiger partial charge in [0.05, 0.1) is 5.69 Å². The molecule has 1 amide bonds. The molecule has 1 aliphatic rings. The number of imidazole rings is 1. The summed E-state index contributed by atoms with van der Waals surface area (Å²) >= 11 is 1.63. The number of nitrogens with one attached hydrogen (secondary N) is 1. The number of piperidine rings is 1. The lowest BCUT2D eigenvalue weighted by Crippen LogP contribution is -2.37. The van der Waals surface area contributed by atoms with Crippen LogP contribution in [0.25, 0.3) is 4.96 Å². The Morgan fingerprint density at radius 1 is 1.35 bits per heavy atom. The SMILES string of the molecule is O=C(CCNCc1cn2ccsc2n1)N1CCCCC1. The molecule has 0 unspecified atom stereocenters. The molecule has 3 rings (SSSR count). The third-order valence-electron chi connectivity index (χ3n) is 3.67. The van der Waals surface area contributed by atoms with Crippen LogP contribution in [0.3, 0.4) is 0 Å². The third kappa shape index (κ3) is 3.19. The van der Waals surface area contributed by atoms with Gasteiger partial charge in [0.2, 0.25) is 5.91 Å². The molecule has 1 fully saturated rings. The standard InChI is InChI=1S/C14H20N4OS/c19-13(17-6-2-1-3-7-17)4-5-15-10-12-11-18-8-9-20-14(18)16-12/h8-9,11,15H,1-7,10H2. The molecule has 0 bridgehead atoms. The minimum absolute atomic E-state index is 0.281. The van der Waals surface area contributed by atoms with Crippen molar-refractivity contribution in [1.82, 2.24) is 19.6 Å². The van der Waals surface area contributed by atoms with E-state index >= 15 is 0 Å². The number of likely N-dealkylation sites (tertiary alicyclic amines) is 1.